The van der Waals surface area contributed by atoms with Crippen LogP contribution in [-0.2, 0) is 28.5 Å². The van der Waals surface area contributed by atoms with Crippen LogP contribution in [0.3, 0.4) is 0 Å². The second-order valence-corrected chi connectivity index (χ2v) is 14.9. The van der Waals surface area contributed by atoms with Crippen LogP contribution < -0.4 is 0 Å². The van der Waals surface area contributed by atoms with Gasteiger partial charge in [0.2, 0.25) is 0 Å². The summed E-state index contributed by atoms with van der Waals surface area (Å²) in [6, 6.07) is 0. The average molecular weight is 779 g/mol. The van der Waals surface area contributed by atoms with Crippen molar-refractivity contribution in [1.82, 2.24) is 0 Å². The topological polar surface area (TPSA) is 152 Å². The van der Waals surface area contributed by atoms with Crippen molar-refractivity contribution in [2.24, 2.45) is 0 Å². The van der Waals surface area contributed by atoms with Crippen LogP contribution in [-0.4, -0.2) is 89.0 Å². The molecule has 0 aliphatic carbocycles. The number of aliphatic hydroxyl groups is 4. The number of aliphatic hydroxyl groups excluding tert-OH is 4. The summed E-state index contributed by atoms with van der Waals surface area (Å²) in [7, 11) is 0. The Hall–Kier alpha value is -2.34. The van der Waals surface area contributed by atoms with E-state index in [4.69, 9.17) is 18.9 Å². The summed E-state index contributed by atoms with van der Waals surface area (Å²) in [5.41, 5.74) is 0. The first-order valence-electron chi connectivity index (χ1n) is 21.7. The molecule has 4 N–H and O–H groups in total. The minimum absolute atomic E-state index is 0.180. The van der Waals surface area contributed by atoms with Crippen LogP contribution in [0, 0.1) is 0 Å². The lowest BCUT2D eigenvalue weighted by Gasteiger charge is -2.39. The Balaban J connectivity index is 2.37. The summed E-state index contributed by atoms with van der Waals surface area (Å²) in [5, 5.41) is 40.0. The summed E-state index contributed by atoms with van der Waals surface area (Å²) < 4.78 is 22.1. The summed E-state index contributed by atoms with van der Waals surface area (Å²) in [5.74, 6) is -0.855. The molecule has 1 heterocycles. The van der Waals surface area contributed by atoms with Crippen molar-refractivity contribution in [3.63, 3.8) is 0 Å². The third-order valence-corrected chi connectivity index (χ3v) is 9.83. The van der Waals surface area contributed by atoms with Gasteiger partial charge in [0.1, 0.15) is 31.0 Å². The lowest BCUT2D eigenvalue weighted by molar-refractivity contribution is -0.305. The Bertz CT molecular complexity index is 1030. The number of esters is 2. The molecule has 1 aliphatic rings. The summed E-state index contributed by atoms with van der Waals surface area (Å²) in [6.07, 6.45) is 33.0. The molecule has 6 atom stereocenters. The second-order valence-electron chi connectivity index (χ2n) is 14.9. The van der Waals surface area contributed by atoms with E-state index in [9.17, 15) is 30.0 Å². The zero-order valence-corrected chi connectivity index (χ0v) is 34.2. The molecule has 1 fully saturated rings. The van der Waals surface area contributed by atoms with Crippen LogP contribution in [0.2, 0.25) is 0 Å². The molecule has 1 rings (SSSR count). The Morgan fingerprint density at radius 1 is 0.618 bits per heavy atom. The number of rotatable bonds is 36. The maximum atomic E-state index is 12.7. The fourth-order valence-electron chi connectivity index (χ4n) is 6.35. The van der Waals surface area contributed by atoms with Crippen LogP contribution in [0.1, 0.15) is 167 Å². The molecule has 0 aromatic heterocycles. The normalized spacial score (nSPS) is 20.8. The number of hydrogen-bond donors (Lipinski definition) is 4. The largest absolute Gasteiger partial charge is 0.462 e. The Kier molecular flexibility index (Phi) is 33.2. The molecular weight excluding hydrogens is 700 g/mol. The van der Waals surface area contributed by atoms with Crippen LogP contribution in [0.15, 0.2) is 49.1 Å². The monoisotopic (exact) mass is 779 g/mol. The summed E-state index contributed by atoms with van der Waals surface area (Å²) in [6.45, 7) is 4.87. The van der Waals surface area contributed by atoms with Crippen LogP contribution >= 0.6 is 0 Å². The Morgan fingerprint density at radius 3 is 1.67 bits per heavy atom. The van der Waals surface area contributed by atoms with E-state index < -0.39 is 49.4 Å². The Labute approximate surface area is 333 Å². The molecule has 0 bridgehead atoms. The van der Waals surface area contributed by atoms with E-state index in [1.54, 1.807) is 0 Å². The molecule has 0 aromatic rings. The highest BCUT2D eigenvalue weighted by Crippen LogP contribution is 2.22. The van der Waals surface area contributed by atoms with Crippen LogP contribution in [0.25, 0.3) is 0 Å². The third-order valence-electron chi connectivity index (χ3n) is 9.83. The van der Waals surface area contributed by atoms with E-state index in [0.29, 0.717) is 6.42 Å². The number of unbranched alkanes of at least 4 members (excludes halogenated alkanes) is 18. The van der Waals surface area contributed by atoms with Crippen LogP contribution in [0.4, 0.5) is 0 Å². The van der Waals surface area contributed by atoms with E-state index in [2.05, 4.69) is 50.0 Å². The fourth-order valence-corrected chi connectivity index (χ4v) is 6.35. The van der Waals surface area contributed by atoms with Gasteiger partial charge in [-0.2, -0.15) is 0 Å². The predicted octanol–water partition coefficient (Wildman–Crippen LogP) is 8.88. The van der Waals surface area contributed by atoms with Gasteiger partial charge in [0.05, 0.1) is 13.2 Å². The molecule has 10 heteroatoms. The van der Waals surface area contributed by atoms with Gasteiger partial charge < -0.3 is 39.4 Å². The number of allylic oxidation sites excluding steroid dienone is 7. The van der Waals surface area contributed by atoms with Crippen molar-refractivity contribution < 1.29 is 49.0 Å². The van der Waals surface area contributed by atoms with Gasteiger partial charge in [0.25, 0.3) is 0 Å². The molecule has 10 nitrogen and oxygen atoms in total. The van der Waals surface area contributed by atoms with E-state index >= 15 is 0 Å². The van der Waals surface area contributed by atoms with Gasteiger partial charge >= 0.3 is 11.9 Å². The molecule has 2 unspecified atom stereocenters. The van der Waals surface area contributed by atoms with Crippen molar-refractivity contribution in [2.45, 2.75) is 204 Å². The lowest BCUT2D eigenvalue weighted by Crippen LogP contribution is -2.59. The van der Waals surface area contributed by atoms with Gasteiger partial charge in [0, 0.05) is 12.8 Å². The molecule has 55 heavy (non-hydrogen) atoms. The van der Waals surface area contributed by atoms with E-state index in [1.807, 2.05) is 6.08 Å². The zero-order chi connectivity index (χ0) is 40.2. The van der Waals surface area contributed by atoms with E-state index in [-0.39, 0.29) is 32.0 Å². The van der Waals surface area contributed by atoms with Gasteiger partial charge in [-0.05, 0) is 64.2 Å². The SMILES string of the molecule is C=CCCCCCCCCCCCCCCCC(=O)OC[C@@H](CO[C@H]1O[C@@H](CO)[C@@H](O)C(O)C1O)OC(=O)CCCC/C=C/C/C=C/C/C=C/CCCCC. The maximum absolute atomic E-state index is 12.7. The van der Waals surface area contributed by atoms with E-state index in [0.717, 1.165) is 64.2 Å². The first-order valence-corrected chi connectivity index (χ1v) is 21.7. The standard InChI is InChI=1S/C45H78O10/c1-3-5-7-9-11-13-15-17-19-21-23-25-27-29-31-33-40(47)52-36-38(37-53-45-44(51)43(50)42(49)39(35-46)55-45)54-41(48)34-32-30-28-26-24-22-20-18-16-14-12-10-8-6-4-2/h3,12,14,18,20,24,26,38-39,42-46,49-51H,1,4-11,13,15-17,19,21-23,25,27-37H2,2H3/b14-12+,20-18+,26-24+/t38-,39-,42+,43?,44?,45-/m0/s1. The lowest BCUT2D eigenvalue weighted by atomic mass is 9.99. The minimum atomic E-state index is -1.60. The number of carbonyl (C=O) groups is 2. The van der Waals surface area contributed by atoms with E-state index in [1.165, 1.54) is 77.0 Å². The predicted molar refractivity (Wildman–Crippen MR) is 219 cm³/mol. The molecule has 0 saturated carbocycles. The molecule has 0 radical (unpaired) electrons. The summed E-state index contributed by atoms with van der Waals surface area (Å²) >= 11 is 0. The minimum Gasteiger partial charge on any atom is -0.462 e. The highest BCUT2D eigenvalue weighted by molar-refractivity contribution is 5.70. The maximum Gasteiger partial charge on any atom is 0.306 e. The van der Waals surface area contributed by atoms with Crippen molar-refractivity contribution >= 4 is 11.9 Å². The molecule has 0 spiro atoms. The average Bonchev–Trinajstić information content (AvgIpc) is 3.18. The molecule has 0 amide bonds. The number of hydrogen-bond acceptors (Lipinski definition) is 10. The van der Waals surface area contributed by atoms with Gasteiger partial charge in [-0.15, -0.1) is 6.58 Å². The first-order chi connectivity index (χ1) is 26.8. The van der Waals surface area contributed by atoms with Crippen molar-refractivity contribution in [3.8, 4) is 0 Å². The molecular formula is C45H78O10. The number of ether oxygens (including phenoxy) is 4. The van der Waals surface area contributed by atoms with Crippen LogP contribution in [0.5, 0.6) is 0 Å². The van der Waals surface area contributed by atoms with Gasteiger partial charge in [0.15, 0.2) is 12.4 Å². The quantitative estimate of drug-likeness (QED) is 0.0276. The third kappa shape index (κ3) is 27.8. The molecule has 318 valence electrons. The van der Waals surface area contributed by atoms with Gasteiger partial charge in [-0.25, -0.2) is 0 Å². The summed E-state index contributed by atoms with van der Waals surface area (Å²) in [4.78, 5) is 25.3. The zero-order valence-electron chi connectivity index (χ0n) is 34.2. The molecule has 0 aromatic carbocycles. The first kappa shape index (κ1) is 50.7. The van der Waals surface area contributed by atoms with Gasteiger partial charge in [-0.3, -0.25) is 9.59 Å². The van der Waals surface area contributed by atoms with Crippen molar-refractivity contribution in [3.05, 3.63) is 49.1 Å². The fraction of sp³-hybridized carbons (Fsp3) is 0.778. The van der Waals surface area contributed by atoms with Gasteiger partial charge in [-0.1, -0.05) is 133 Å². The molecule has 1 saturated heterocycles. The second kappa shape index (κ2) is 36.0. The Morgan fingerprint density at radius 2 is 1.11 bits per heavy atom. The number of carbonyl (C=O) groups excluding carboxylic acids is 2. The molecule has 1 aliphatic heterocycles. The highest BCUT2D eigenvalue weighted by Gasteiger charge is 2.44. The highest BCUT2D eigenvalue weighted by atomic mass is 16.7. The smallest absolute Gasteiger partial charge is 0.306 e. The van der Waals surface area contributed by atoms with Crippen molar-refractivity contribution in [2.75, 3.05) is 19.8 Å². The van der Waals surface area contributed by atoms with Crippen molar-refractivity contribution in [1.29, 1.82) is 0 Å².